The number of aryl methyl sites for hydroxylation is 1. The molecule has 1 fully saturated rings. The summed E-state index contributed by atoms with van der Waals surface area (Å²) in [4.78, 5) is 2.61. The predicted molar refractivity (Wildman–Crippen MR) is 94.6 cm³/mol. The van der Waals surface area contributed by atoms with Crippen molar-refractivity contribution in [1.82, 2.24) is 4.90 Å². The predicted octanol–water partition coefficient (Wildman–Crippen LogP) is 4.66. The molecule has 3 heteroatoms. The van der Waals surface area contributed by atoms with E-state index in [0.717, 1.165) is 49.3 Å². The van der Waals surface area contributed by atoms with Crippen molar-refractivity contribution in [3.05, 3.63) is 34.9 Å². The quantitative estimate of drug-likeness (QED) is 0.645. The Kier molecular flexibility index (Phi) is 7.71. The molecular formula is C19H30ClNO. The standard InChI is InChI=1S/C19H30ClNO/c1-16-13-17(2)15-21(14-16)10-4-12-22-11-3-5-18-6-8-19(20)9-7-18/h6-9,16-17H,3-5,10-15H2,1-2H3/t16-,17-/m0/s1. The maximum Gasteiger partial charge on any atom is 0.0478 e. The van der Waals surface area contributed by atoms with Crippen LogP contribution in [0.4, 0.5) is 0 Å². The summed E-state index contributed by atoms with van der Waals surface area (Å²) in [5, 5.41) is 0.807. The van der Waals surface area contributed by atoms with Gasteiger partial charge in [0.1, 0.15) is 0 Å². The lowest BCUT2D eigenvalue weighted by atomic mass is 9.92. The summed E-state index contributed by atoms with van der Waals surface area (Å²) < 4.78 is 5.77. The third-order valence-electron chi connectivity index (χ3n) is 4.37. The topological polar surface area (TPSA) is 12.5 Å². The zero-order valence-corrected chi connectivity index (χ0v) is 14.8. The molecule has 22 heavy (non-hydrogen) atoms. The third-order valence-corrected chi connectivity index (χ3v) is 4.63. The number of hydrogen-bond donors (Lipinski definition) is 0. The number of halogens is 1. The van der Waals surface area contributed by atoms with Gasteiger partial charge in [-0.25, -0.2) is 0 Å². The first kappa shape index (κ1) is 17.8. The van der Waals surface area contributed by atoms with Crippen molar-refractivity contribution in [2.24, 2.45) is 11.8 Å². The van der Waals surface area contributed by atoms with Gasteiger partial charge in [0, 0.05) is 37.9 Å². The maximum absolute atomic E-state index is 5.88. The Labute approximate surface area is 140 Å². The van der Waals surface area contributed by atoms with Crippen LogP contribution in [-0.2, 0) is 11.2 Å². The van der Waals surface area contributed by atoms with Gasteiger partial charge in [0.25, 0.3) is 0 Å². The van der Waals surface area contributed by atoms with Crippen molar-refractivity contribution < 1.29 is 4.74 Å². The second-order valence-electron chi connectivity index (χ2n) is 6.90. The number of rotatable bonds is 8. The Morgan fingerprint density at radius 3 is 2.36 bits per heavy atom. The van der Waals surface area contributed by atoms with Gasteiger partial charge in [-0.3, -0.25) is 0 Å². The summed E-state index contributed by atoms with van der Waals surface area (Å²) in [7, 11) is 0. The fraction of sp³-hybridized carbons (Fsp3) is 0.684. The molecule has 0 saturated carbocycles. The molecule has 2 nitrogen and oxygen atoms in total. The molecule has 1 heterocycles. The van der Waals surface area contributed by atoms with Gasteiger partial charge in [-0.1, -0.05) is 37.6 Å². The van der Waals surface area contributed by atoms with E-state index in [1.165, 1.54) is 31.6 Å². The van der Waals surface area contributed by atoms with Gasteiger partial charge < -0.3 is 9.64 Å². The average molecular weight is 324 g/mol. The smallest absolute Gasteiger partial charge is 0.0478 e. The summed E-state index contributed by atoms with van der Waals surface area (Å²) in [5.41, 5.74) is 1.34. The van der Waals surface area contributed by atoms with E-state index in [4.69, 9.17) is 16.3 Å². The summed E-state index contributed by atoms with van der Waals surface area (Å²) in [6.45, 7) is 10.2. The van der Waals surface area contributed by atoms with Crippen LogP contribution in [0.3, 0.4) is 0 Å². The van der Waals surface area contributed by atoms with E-state index in [2.05, 4.69) is 30.9 Å². The van der Waals surface area contributed by atoms with Crippen LogP contribution in [0.2, 0.25) is 5.02 Å². The van der Waals surface area contributed by atoms with Crippen molar-refractivity contribution in [3.8, 4) is 0 Å². The van der Waals surface area contributed by atoms with Gasteiger partial charge in [0.15, 0.2) is 0 Å². The molecule has 124 valence electrons. The SMILES string of the molecule is C[C@H]1C[C@H](C)CN(CCCOCCCc2ccc(Cl)cc2)C1. The minimum absolute atomic E-state index is 0.807. The Morgan fingerprint density at radius 1 is 1.05 bits per heavy atom. The molecule has 1 aromatic carbocycles. The minimum atomic E-state index is 0.807. The van der Waals surface area contributed by atoms with Gasteiger partial charge in [-0.15, -0.1) is 0 Å². The summed E-state index contributed by atoms with van der Waals surface area (Å²) in [6, 6.07) is 8.11. The van der Waals surface area contributed by atoms with Gasteiger partial charge in [-0.05, 0) is 55.2 Å². The minimum Gasteiger partial charge on any atom is -0.381 e. The molecule has 0 spiro atoms. The molecular weight excluding hydrogens is 294 g/mol. The van der Waals surface area contributed by atoms with E-state index in [1.54, 1.807) is 0 Å². The molecule has 0 amide bonds. The molecule has 0 bridgehead atoms. The van der Waals surface area contributed by atoms with E-state index >= 15 is 0 Å². The fourth-order valence-electron chi connectivity index (χ4n) is 3.50. The fourth-order valence-corrected chi connectivity index (χ4v) is 3.62. The van der Waals surface area contributed by atoms with E-state index in [1.807, 2.05) is 12.1 Å². The van der Waals surface area contributed by atoms with Crippen LogP contribution < -0.4 is 0 Å². The number of piperidine rings is 1. The molecule has 2 rings (SSSR count). The van der Waals surface area contributed by atoms with Crippen LogP contribution in [-0.4, -0.2) is 37.7 Å². The highest BCUT2D eigenvalue weighted by Crippen LogP contribution is 2.20. The third kappa shape index (κ3) is 6.68. The monoisotopic (exact) mass is 323 g/mol. The first-order valence-corrected chi connectivity index (χ1v) is 9.06. The zero-order chi connectivity index (χ0) is 15.8. The molecule has 0 N–H and O–H groups in total. The maximum atomic E-state index is 5.88. The van der Waals surface area contributed by atoms with E-state index < -0.39 is 0 Å². The second kappa shape index (κ2) is 9.54. The molecule has 0 radical (unpaired) electrons. The van der Waals surface area contributed by atoms with Crippen LogP contribution in [0.5, 0.6) is 0 Å². The van der Waals surface area contributed by atoms with Crippen molar-refractivity contribution in [3.63, 3.8) is 0 Å². The van der Waals surface area contributed by atoms with Crippen molar-refractivity contribution in [2.75, 3.05) is 32.8 Å². The Balaban J connectivity index is 1.48. The van der Waals surface area contributed by atoms with E-state index in [-0.39, 0.29) is 0 Å². The average Bonchev–Trinajstić information content (AvgIpc) is 2.47. The van der Waals surface area contributed by atoms with Crippen LogP contribution >= 0.6 is 11.6 Å². The lowest BCUT2D eigenvalue weighted by Gasteiger charge is -2.34. The highest BCUT2D eigenvalue weighted by Gasteiger charge is 2.20. The van der Waals surface area contributed by atoms with Crippen LogP contribution in [0.25, 0.3) is 0 Å². The highest BCUT2D eigenvalue weighted by molar-refractivity contribution is 6.30. The number of likely N-dealkylation sites (tertiary alicyclic amines) is 1. The first-order valence-electron chi connectivity index (χ1n) is 8.68. The Bertz CT molecular complexity index is 410. The molecule has 1 aromatic rings. The van der Waals surface area contributed by atoms with Crippen molar-refractivity contribution in [1.29, 1.82) is 0 Å². The molecule has 1 saturated heterocycles. The normalized spacial score (nSPS) is 22.9. The van der Waals surface area contributed by atoms with Gasteiger partial charge >= 0.3 is 0 Å². The van der Waals surface area contributed by atoms with Crippen LogP contribution in [0, 0.1) is 11.8 Å². The molecule has 0 unspecified atom stereocenters. The molecule has 2 atom stereocenters. The summed E-state index contributed by atoms with van der Waals surface area (Å²) >= 11 is 5.88. The molecule has 1 aliphatic heterocycles. The number of benzene rings is 1. The Hall–Kier alpha value is -0.570. The summed E-state index contributed by atoms with van der Waals surface area (Å²) in [6.07, 6.45) is 4.69. The van der Waals surface area contributed by atoms with E-state index in [9.17, 15) is 0 Å². The molecule has 0 aliphatic carbocycles. The van der Waals surface area contributed by atoms with Gasteiger partial charge in [0.2, 0.25) is 0 Å². The molecule has 0 aromatic heterocycles. The number of ether oxygens (including phenoxy) is 1. The first-order chi connectivity index (χ1) is 10.6. The van der Waals surface area contributed by atoms with Gasteiger partial charge in [-0.2, -0.15) is 0 Å². The lowest BCUT2D eigenvalue weighted by molar-refractivity contribution is 0.0980. The number of hydrogen-bond acceptors (Lipinski definition) is 2. The largest absolute Gasteiger partial charge is 0.381 e. The summed E-state index contributed by atoms with van der Waals surface area (Å²) in [5.74, 6) is 1.70. The van der Waals surface area contributed by atoms with E-state index in [0.29, 0.717) is 0 Å². The van der Waals surface area contributed by atoms with Crippen molar-refractivity contribution in [2.45, 2.75) is 39.5 Å². The molecule has 1 aliphatic rings. The van der Waals surface area contributed by atoms with Gasteiger partial charge in [0.05, 0.1) is 0 Å². The zero-order valence-electron chi connectivity index (χ0n) is 14.1. The number of nitrogens with zero attached hydrogens (tertiary/aromatic N) is 1. The lowest BCUT2D eigenvalue weighted by Crippen LogP contribution is -2.39. The van der Waals surface area contributed by atoms with Crippen LogP contribution in [0.1, 0.15) is 38.7 Å². The second-order valence-corrected chi connectivity index (χ2v) is 7.34. The van der Waals surface area contributed by atoms with Crippen molar-refractivity contribution >= 4 is 11.6 Å². The Morgan fingerprint density at radius 2 is 1.68 bits per heavy atom. The highest BCUT2D eigenvalue weighted by atomic mass is 35.5. The van der Waals surface area contributed by atoms with Crippen LogP contribution in [0.15, 0.2) is 24.3 Å².